The first kappa shape index (κ1) is 15.4. The van der Waals surface area contributed by atoms with E-state index in [0.717, 1.165) is 27.7 Å². The third-order valence-electron chi connectivity index (χ3n) is 2.92. The van der Waals surface area contributed by atoms with Gasteiger partial charge in [0.2, 0.25) is 0 Å². The number of aryl methyl sites for hydroxylation is 1. The first-order chi connectivity index (χ1) is 9.76. The predicted octanol–water partition coefficient (Wildman–Crippen LogP) is 3.86. The van der Waals surface area contributed by atoms with Crippen LogP contribution in [0, 0.1) is 0 Å². The molecule has 0 bridgehead atoms. The van der Waals surface area contributed by atoms with E-state index >= 15 is 0 Å². The molecule has 2 rings (SSSR count). The van der Waals surface area contributed by atoms with Gasteiger partial charge in [-0.3, -0.25) is 0 Å². The number of ether oxygens (including phenoxy) is 2. The number of hydrogen-bond donors (Lipinski definition) is 1. The molecule has 0 saturated carbocycles. The van der Waals surface area contributed by atoms with Crippen molar-refractivity contribution in [2.45, 2.75) is 32.3 Å². The summed E-state index contributed by atoms with van der Waals surface area (Å²) in [4.78, 5) is 5.70. The van der Waals surface area contributed by atoms with E-state index in [1.54, 1.807) is 18.4 Å². The van der Waals surface area contributed by atoms with Gasteiger partial charge in [-0.2, -0.15) is 12.6 Å². The van der Waals surface area contributed by atoms with Gasteiger partial charge in [0.25, 0.3) is 0 Å². The fourth-order valence-electron chi connectivity index (χ4n) is 1.87. The Bertz CT molecular complexity index is 555. The van der Waals surface area contributed by atoms with Crippen LogP contribution in [0.5, 0.6) is 5.75 Å². The van der Waals surface area contributed by atoms with E-state index < -0.39 is 0 Å². The molecule has 1 aromatic carbocycles. The largest absolute Gasteiger partial charge is 0.486 e. The first-order valence-electron chi connectivity index (χ1n) is 6.55. The molecule has 1 aromatic heterocycles. The normalized spacial score (nSPS) is 10.8. The fraction of sp³-hybridized carbons (Fsp3) is 0.400. The molecule has 0 N–H and O–H groups in total. The minimum atomic E-state index is 0.488. The van der Waals surface area contributed by atoms with E-state index in [1.807, 2.05) is 12.1 Å². The summed E-state index contributed by atoms with van der Waals surface area (Å²) in [5.74, 6) is 1.57. The third kappa shape index (κ3) is 3.98. The Morgan fingerprint density at radius 3 is 2.85 bits per heavy atom. The summed E-state index contributed by atoms with van der Waals surface area (Å²) in [6.07, 6.45) is 1.01. The summed E-state index contributed by atoms with van der Waals surface area (Å²) in [5.41, 5.74) is 2.24. The maximum absolute atomic E-state index is 5.81. The molecule has 5 heteroatoms. The second-order valence-corrected chi connectivity index (χ2v) is 5.84. The van der Waals surface area contributed by atoms with Gasteiger partial charge in [-0.1, -0.05) is 19.1 Å². The van der Waals surface area contributed by atoms with Gasteiger partial charge in [-0.25, -0.2) is 4.98 Å². The first-order valence-corrected chi connectivity index (χ1v) is 8.00. The molecule has 20 heavy (non-hydrogen) atoms. The Morgan fingerprint density at radius 2 is 2.15 bits per heavy atom. The zero-order chi connectivity index (χ0) is 14.4. The van der Waals surface area contributed by atoms with Gasteiger partial charge in [-0.05, 0) is 24.1 Å². The van der Waals surface area contributed by atoms with Crippen LogP contribution >= 0.6 is 24.0 Å². The van der Waals surface area contributed by atoms with E-state index in [1.165, 1.54) is 5.56 Å². The highest BCUT2D eigenvalue weighted by Gasteiger charge is 2.10. The van der Waals surface area contributed by atoms with Crippen LogP contribution in [0.2, 0.25) is 0 Å². The Labute approximate surface area is 129 Å². The smallest absolute Gasteiger partial charge is 0.140 e. The minimum absolute atomic E-state index is 0.488. The number of benzene rings is 1. The molecule has 1 heterocycles. The van der Waals surface area contributed by atoms with Crippen LogP contribution in [0.4, 0.5) is 0 Å². The molecule has 0 spiro atoms. The summed E-state index contributed by atoms with van der Waals surface area (Å²) in [7, 11) is 1.67. The second-order valence-electron chi connectivity index (χ2n) is 4.36. The fourth-order valence-corrected chi connectivity index (χ4v) is 3.09. The van der Waals surface area contributed by atoms with Gasteiger partial charge < -0.3 is 9.47 Å². The minimum Gasteiger partial charge on any atom is -0.486 e. The molecule has 0 fully saturated rings. The van der Waals surface area contributed by atoms with Crippen molar-refractivity contribution in [1.82, 2.24) is 4.98 Å². The number of thiazole rings is 1. The molecule has 3 nitrogen and oxygen atoms in total. The van der Waals surface area contributed by atoms with Crippen molar-refractivity contribution >= 4 is 24.0 Å². The highest BCUT2D eigenvalue weighted by atomic mass is 32.1. The Morgan fingerprint density at radius 1 is 1.30 bits per heavy atom. The average Bonchev–Trinajstić information content (AvgIpc) is 2.88. The maximum Gasteiger partial charge on any atom is 0.140 e. The van der Waals surface area contributed by atoms with Crippen molar-refractivity contribution in [1.29, 1.82) is 0 Å². The lowest BCUT2D eigenvalue weighted by Gasteiger charge is -2.05. The van der Waals surface area contributed by atoms with E-state index in [-0.39, 0.29) is 0 Å². The number of rotatable bonds is 7. The van der Waals surface area contributed by atoms with Crippen LogP contribution in [-0.4, -0.2) is 12.1 Å². The third-order valence-corrected chi connectivity index (χ3v) is 4.52. The van der Waals surface area contributed by atoms with Crippen molar-refractivity contribution in [2.24, 2.45) is 0 Å². The number of thiol groups is 1. The van der Waals surface area contributed by atoms with Crippen molar-refractivity contribution < 1.29 is 9.47 Å². The molecule has 0 aliphatic rings. The van der Waals surface area contributed by atoms with Crippen LogP contribution in [0.1, 0.15) is 28.1 Å². The van der Waals surface area contributed by atoms with Gasteiger partial charge in [0, 0.05) is 17.7 Å². The van der Waals surface area contributed by atoms with Crippen molar-refractivity contribution in [3.8, 4) is 5.75 Å². The Balaban J connectivity index is 2.02. The van der Waals surface area contributed by atoms with Gasteiger partial charge in [0.05, 0.1) is 12.3 Å². The quantitative estimate of drug-likeness (QED) is 0.788. The summed E-state index contributed by atoms with van der Waals surface area (Å²) in [6.45, 7) is 3.15. The molecule has 2 aromatic rings. The van der Waals surface area contributed by atoms with Crippen LogP contribution in [0.25, 0.3) is 0 Å². The predicted molar refractivity (Wildman–Crippen MR) is 85.7 cm³/mol. The number of methoxy groups -OCH3 is 1. The van der Waals surface area contributed by atoms with Crippen LogP contribution in [0.15, 0.2) is 24.3 Å². The summed E-state index contributed by atoms with van der Waals surface area (Å²) in [6, 6.07) is 8.17. The van der Waals surface area contributed by atoms with Crippen LogP contribution in [0.3, 0.4) is 0 Å². The maximum atomic E-state index is 5.81. The number of hydrogen-bond acceptors (Lipinski definition) is 5. The zero-order valence-corrected chi connectivity index (χ0v) is 13.5. The average molecular weight is 309 g/mol. The zero-order valence-electron chi connectivity index (χ0n) is 11.8. The topological polar surface area (TPSA) is 31.4 Å². The molecule has 0 saturated heterocycles. The summed E-state index contributed by atoms with van der Waals surface area (Å²) >= 11 is 5.96. The Hall–Kier alpha value is -1.04. The lowest BCUT2D eigenvalue weighted by atomic mass is 10.2. The molecule has 0 unspecified atom stereocenters. The van der Waals surface area contributed by atoms with Crippen LogP contribution in [-0.2, 0) is 30.1 Å². The molecule has 0 atom stereocenters. The summed E-state index contributed by atoms with van der Waals surface area (Å²) in [5, 5.41) is 0.961. The highest BCUT2D eigenvalue weighted by Crippen LogP contribution is 2.23. The van der Waals surface area contributed by atoms with Crippen molar-refractivity contribution in [3.05, 3.63) is 45.4 Å². The van der Waals surface area contributed by atoms with Gasteiger partial charge in [0.15, 0.2) is 0 Å². The molecule has 108 valence electrons. The van der Waals surface area contributed by atoms with E-state index in [4.69, 9.17) is 9.47 Å². The van der Waals surface area contributed by atoms with Gasteiger partial charge in [-0.15, -0.1) is 11.3 Å². The number of nitrogens with zero attached hydrogens (tertiary/aromatic N) is 1. The monoisotopic (exact) mass is 309 g/mol. The van der Waals surface area contributed by atoms with Crippen molar-refractivity contribution in [2.75, 3.05) is 7.11 Å². The lowest BCUT2D eigenvalue weighted by molar-refractivity contribution is 0.181. The second kappa shape index (κ2) is 7.67. The van der Waals surface area contributed by atoms with E-state index in [0.29, 0.717) is 19.0 Å². The van der Waals surface area contributed by atoms with Gasteiger partial charge >= 0.3 is 0 Å². The molecular weight excluding hydrogens is 290 g/mol. The standard InChI is InChI=1S/C15H19NO2S2/c1-3-11-5-4-6-12(7-11)18-9-15-16-13(8-17-2)14(10-19)20-15/h4-7,19H,3,8-10H2,1-2H3. The van der Waals surface area contributed by atoms with E-state index in [9.17, 15) is 0 Å². The molecule has 0 radical (unpaired) electrons. The molecular formula is C15H19NO2S2. The van der Waals surface area contributed by atoms with Crippen molar-refractivity contribution in [3.63, 3.8) is 0 Å². The highest BCUT2D eigenvalue weighted by molar-refractivity contribution is 7.79. The molecule has 0 aliphatic heterocycles. The SMILES string of the molecule is CCc1cccc(OCc2nc(COC)c(CS)s2)c1. The lowest BCUT2D eigenvalue weighted by Crippen LogP contribution is -1.97. The van der Waals surface area contributed by atoms with E-state index in [2.05, 4.69) is 36.7 Å². The van der Waals surface area contributed by atoms with Crippen LogP contribution < -0.4 is 4.74 Å². The molecule has 0 aliphatic carbocycles. The molecule has 0 amide bonds. The summed E-state index contributed by atoms with van der Waals surface area (Å²) < 4.78 is 11.0. The van der Waals surface area contributed by atoms with Gasteiger partial charge in [0.1, 0.15) is 17.4 Å². The Kier molecular flexibility index (Phi) is 5.88. The number of aromatic nitrogens is 1.